The lowest BCUT2D eigenvalue weighted by Gasteiger charge is -2.09. The molecule has 0 aromatic carbocycles. The van der Waals surface area contributed by atoms with Gasteiger partial charge in [-0.25, -0.2) is 0 Å². The number of carboxylic acids is 1. The van der Waals surface area contributed by atoms with E-state index in [-0.39, 0.29) is 5.92 Å². The summed E-state index contributed by atoms with van der Waals surface area (Å²) in [5.74, 6) is -0.885. The highest BCUT2D eigenvalue weighted by molar-refractivity contribution is 5.70. The summed E-state index contributed by atoms with van der Waals surface area (Å²) in [6, 6.07) is 0. The molecule has 0 rings (SSSR count). The van der Waals surface area contributed by atoms with E-state index >= 15 is 0 Å². The van der Waals surface area contributed by atoms with Crippen LogP contribution in [0.3, 0.4) is 0 Å². The molecule has 0 heterocycles. The van der Waals surface area contributed by atoms with Gasteiger partial charge in [0.1, 0.15) is 0 Å². The zero-order valence-corrected chi connectivity index (χ0v) is 15.5. The number of carbonyl (C=O) groups is 1. The van der Waals surface area contributed by atoms with Crippen LogP contribution in [-0.4, -0.2) is 11.1 Å². The predicted octanol–water partition coefficient (Wildman–Crippen LogP) is 7.13. The Bertz CT molecular complexity index is 273. The van der Waals surface area contributed by atoms with E-state index < -0.39 is 5.97 Å². The summed E-state index contributed by atoms with van der Waals surface area (Å²) in [4.78, 5) is 11.0. The van der Waals surface area contributed by atoms with Crippen LogP contribution in [0.2, 0.25) is 0 Å². The van der Waals surface area contributed by atoms with Gasteiger partial charge in [0.05, 0.1) is 5.92 Å². The highest BCUT2D eigenvalue weighted by Gasteiger charge is 2.14. The van der Waals surface area contributed by atoms with Crippen LogP contribution in [0.25, 0.3) is 0 Å². The second-order valence-electron chi connectivity index (χ2n) is 6.94. The maximum Gasteiger partial charge on any atom is 0.306 e. The lowest BCUT2D eigenvalue weighted by molar-refractivity contribution is -0.141. The Balaban J connectivity index is 3.21. The van der Waals surface area contributed by atoms with Crippen molar-refractivity contribution in [3.05, 3.63) is 12.7 Å². The molecular formula is C21H40O2. The maximum atomic E-state index is 11.0. The topological polar surface area (TPSA) is 37.3 Å². The first-order valence-corrected chi connectivity index (χ1v) is 10.1. The predicted molar refractivity (Wildman–Crippen MR) is 101 cm³/mol. The van der Waals surface area contributed by atoms with Crippen LogP contribution in [-0.2, 0) is 4.79 Å². The first-order chi connectivity index (χ1) is 11.2. The molecule has 0 aliphatic carbocycles. The Morgan fingerprint density at radius 3 is 1.57 bits per heavy atom. The normalized spacial score (nSPS) is 12.2. The van der Waals surface area contributed by atoms with E-state index in [1.54, 1.807) is 6.08 Å². The van der Waals surface area contributed by atoms with Gasteiger partial charge in [0.25, 0.3) is 0 Å². The number of aliphatic carboxylic acids is 1. The van der Waals surface area contributed by atoms with Gasteiger partial charge < -0.3 is 5.11 Å². The second kappa shape index (κ2) is 17.6. The van der Waals surface area contributed by atoms with Crippen molar-refractivity contribution < 1.29 is 9.90 Å². The van der Waals surface area contributed by atoms with Gasteiger partial charge in [-0.05, 0) is 12.8 Å². The van der Waals surface area contributed by atoms with Crippen LogP contribution in [0.15, 0.2) is 12.7 Å². The number of hydrogen-bond donors (Lipinski definition) is 1. The molecule has 0 saturated carbocycles. The lowest BCUT2D eigenvalue weighted by atomic mass is 9.97. The average Bonchev–Trinajstić information content (AvgIpc) is 2.54. The third-order valence-electron chi connectivity index (χ3n) is 4.71. The highest BCUT2D eigenvalue weighted by Crippen LogP contribution is 2.17. The third-order valence-corrected chi connectivity index (χ3v) is 4.71. The van der Waals surface area contributed by atoms with E-state index in [1.165, 1.54) is 83.5 Å². The molecule has 1 unspecified atom stereocenters. The van der Waals surface area contributed by atoms with Gasteiger partial charge in [-0.2, -0.15) is 0 Å². The van der Waals surface area contributed by atoms with Crippen molar-refractivity contribution in [1.82, 2.24) is 0 Å². The summed E-state index contributed by atoms with van der Waals surface area (Å²) in [5.41, 5.74) is 0. The third kappa shape index (κ3) is 15.9. The standard InChI is InChI=1S/C21H40O2/c1-3-5-6-7-8-9-10-11-12-13-14-15-16-17-19-20(18-4-2)21(22)23/h4,20H,2-3,5-19H2,1H3,(H,22,23). The van der Waals surface area contributed by atoms with Crippen molar-refractivity contribution in [3.8, 4) is 0 Å². The van der Waals surface area contributed by atoms with Crippen molar-refractivity contribution in [3.63, 3.8) is 0 Å². The largest absolute Gasteiger partial charge is 0.481 e. The van der Waals surface area contributed by atoms with E-state index in [0.29, 0.717) is 6.42 Å². The molecular weight excluding hydrogens is 284 g/mol. The first-order valence-electron chi connectivity index (χ1n) is 10.1. The van der Waals surface area contributed by atoms with Gasteiger partial charge >= 0.3 is 5.97 Å². The Morgan fingerprint density at radius 1 is 0.826 bits per heavy atom. The zero-order valence-electron chi connectivity index (χ0n) is 15.5. The molecule has 136 valence electrons. The molecule has 0 aliphatic heterocycles. The molecule has 0 aromatic rings. The van der Waals surface area contributed by atoms with Gasteiger partial charge in [-0.1, -0.05) is 103 Å². The monoisotopic (exact) mass is 324 g/mol. The summed E-state index contributed by atoms with van der Waals surface area (Å²) < 4.78 is 0. The molecule has 2 heteroatoms. The van der Waals surface area contributed by atoms with Crippen molar-refractivity contribution in [2.24, 2.45) is 5.92 Å². The quantitative estimate of drug-likeness (QED) is 0.215. The average molecular weight is 325 g/mol. The molecule has 1 atom stereocenters. The van der Waals surface area contributed by atoms with Gasteiger partial charge in [0.15, 0.2) is 0 Å². The van der Waals surface area contributed by atoms with Crippen LogP contribution in [0.5, 0.6) is 0 Å². The van der Waals surface area contributed by atoms with Crippen LogP contribution in [0, 0.1) is 5.92 Å². The number of rotatable bonds is 18. The fourth-order valence-corrected chi connectivity index (χ4v) is 3.13. The second-order valence-corrected chi connectivity index (χ2v) is 6.94. The minimum absolute atomic E-state index is 0.218. The lowest BCUT2D eigenvalue weighted by Crippen LogP contribution is -2.12. The van der Waals surface area contributed by atoms with Crippen LogP contribution >= 0.6 is 0 Å². The van der Waals surface area contributed by atoms with Gasteiger partial charge in [-0.3, -0.25) is 4.79 Å². The van der Waals surface area contributed by atoms with Gasteiger partial charge in [0.2, 0.25) is 0 Å². The summed E-state index contributed by atoms with van der Waals surface area (Å²) in [7, 11) is 0. The number of unbranched alkanes of at least 4 members (excludes halogenated alkanes) is 13. The minimum Gasteiger partial charge on any atom is -0.481 e. The van der Waals surface area contributed by atoms with Gasteiger partial charge in [0, 0.05) is 0 Å². The van der Waals surface area contributed by atoms with Crippen LogP contribution in [0.4, 0.5) is 0 Å². The summed E-state index contributed by atoms with van der Waals surface area (Å²) in [6.45, 7) is 5.91. The molecule has 0 fully saturated rings. The van der Waals surface area contributed by atoms with E-state index in [0.717, 1.165) is 12.8 Å². The zero-order chi connectivity index (χ0) is 17.2. The molecule has 0 aromatic heterocycles. The molecule has 2 nitrogen and oxygen atoms in total. The van der Waals surface area contributed by atoms with E-state index in [1.807, 2.05) is 0 Å². The Kier molecular flexibility index (Phi) is 17.0. The van der Waals surface area contributed by atoms with Crippen LogP contribution in [0.1, 0.15) is 110 Å². The molecule has 0 radical (unpaired) electrons. The minimum atomic E-state index is -0.667. The molecule has 23 heavy (non-hydrogen) atoms. The fraction of sp³-hybridized carbons (Fsp3) is 0.857. The molecule has 0 spiro atoms. The molecule has 0 bridgehead atoms. The number of hydrogen-bond acceptors (Lipinski definition) is 1. The molecule has 0 aliphatic rings. The summed E-state index contributed by atoms with van der Waals surface area (Å²) in [5, 5.41) is 9.06. The van der Waals surface area contributed by atoms with Crippen LogP contribution < -0.4 is 0 Å². The first kappa shape index (κ1) is 22.2. The van der Waals surface area contributed by atoms with E-state index in [4.69, 9.17) is 5.11 Å². The number of allylic oxidation sites excluding steroid dienone is 1. The van der Waals surface area contributed by atoms with Crippen molar-refractivity contribution in [2.45, 2.75) is 110 Å². The molecule has 1 N–H and O–H groups in total. The smallest absolute Gasteiger partial charge is 0.306 e. The van der Waals surface area contributed by atoms with Gasteiger partial charge in [-0.15, -0.1) is 6.58 Å². The maximum absolute atomic E-state index is 11.0. The molecule has 0 amide bonds. The number of carboxylic acid groups (broad SMARTS) is 1. The molecule has 0 saturated heterocycles. The van der Waals surface area contributed by atoms with Crippen molar-refractivity contribution >= 4 is 5.97 Å². The highest BCUT2D eigenvalue weighted by atomic mass is 16.4. The fourth-order valence-electron chi connectivity index (χ4n) is 3.13. The van der Waals surface area contributed by atoms with E-state index in [2.05, 4.69) is 13.5 Å². The Hall–Kier alpha value is -0.790. The van der Waals surface area contributed by atoms with Crippen molar-refractivity contribution in [1.29, 1.82) is 0 Å². The SMILES string of the molecule is C=CCC(CCCCCCCCCCCCCCCC)C(=O)O. The van der Waals surface area contributed by atoms with E-state index in [9.17, 15) is 4.79 Å². The van der Waals surface area contributed by atoms with Crippen molar-refractivity contribution in [2.75, 3.05) is 0 Å². The Labute approximate surface area is 144 Å². The Morgan fingerprint density at radius 2 is 1.22 bits per heavy atom. The summed E-state index contributed by atoms with van der Waals surface area (Å²) >= 11 is 0. The summed E-state index contributed by atoms with van der Waals surface area (Å²) in [6.07, 6.45) is 21.9.